The van der Waals surface area contributed by atoms with Crippen LogP contribution in [0.4, 0.5) is 0 Å². The highest BCUT2D eigenvalue weighted by Crippen LogP contribution is 2.32. The van der Waals surface area contributed by atoms with Gasteiger partial charge in [-0.1, -0.05) is 12.1 Å². The fourth-order valence-electron chi connectivity index (χ4n) is 3.04. The maximum Gasteiger partial charge on any atom is 0.119 e. The van der Waals surface area contributed by atoms with Gasteiger partial charge in [0, 0.05) is 18.3 Å². The third-order valence-corrected chi connectivity index (χ3v) is 4.14. The highest BCUT2D eigenvalue weighted by Gasteiger charge is 2.20. The van der Waals surface area contributed by atoms with Crippen molar-refractivity contribution in [2.75, 3.05) is 7.11 Å². The summed E-state index contributed by atoms with van der Waals surface area (Å²) in [6.45, 7) is 2.84. The minimum Gasteiger partial charge on any atom is -0.497 e. The zero-order chi connectivity index (χ0) is 14.7. The molecule has 0 radical (unpaired) electrons. The monoisotopic (exact) mass is 282 g/mol. The van der Waals surface area contributed by atoms with Crippen molar-refractivity contribution in [1.29, 1.82) is 0 Å². The van der Waals surface area contributed by atoms with Crippen molar-refractivity contribution in [2.45, 2.75) is 38.8 Å². The number of methoxy groups -OCH3 is 1. The number of rotatable bonds is 4. The first-order chi connectivity index (χ1) is 10.3. The second kappa shape index (κ2) is 6.27. The molecule has 0 bridgehead atoms. The first kappa shape index (κ1) is 14.1. The number of fused-ring (bicyclic) bond motifs is 1. The molecule has 0 spiro atoms. The summed E-state index contributed by atoms with van der Waals surface area (Å²) < 4.78 is 5.37. The van der Waals surface area contributed by atoms with Crippen LogP contribution < -0.4 is 10.1 Å². The van der Waals surface area contributed by atoms with E-state index in [1.165, 1.54) is 30.4 Å². The maximum absolute atomic E-state index is 5.37. The lowest BCUT2D eigenvalue weighted by Gasteiger charge is -2.27. The molecule has 1 N–H and O–H groups in total. The van der Waals surface area contributed by atoms with Crippen LogP contribution in [0.1, 0.15) is 41.4 Å². The minimum absolute atomic E-state index is 0.395. The molecule has 0 fully saturated rings. The van der Waals surface area contributed by atoms with Crippen molar-refractivity contribution in [3.8, 4) is 5.75 Å². The smallest absolute Gasteiger partial charge is 0.119 e. The van der Waals surface area contributed by atoms with E-state index in [1.54, 1.807) is 7.11 Å². The lowest BCUT2D eigenvalue weighted by Crippen LogP contribution is -2.25. The van der Waals surface area contributed by atoms with Gasteiger partial charge in [0.05, 0.1) is 12.8 Å². The van der Waals surface area contributed by atoms with E-state index in [0.29, 0.717) is 6.04 Å². The first-order valence-electron chi connectivity index (χ1n) is 7.59. The highest BCUT2D eigenvalue weighted by atomic mass is 16.5. The lowest BCUT2D eigenvalue weighted by molar-refractivity contribution is 0.408. The number of hydrogen-bond donors (Lipinski definition) is 1. The van der Waals surface area contributed by atoms with Crippen LogP contribution in [0.5, 0.6) is 5.75 Å². The summed E-state index contributed by atoms with van der Waals surface area (Å²) in [5.74, 6) is 0.941. The minimum atomic E-state index is 0.395. The normalized spacial score (nSPS) is 17.3. The molecule has 0 saturated carbocycles. The van der Waals surface area contributed by atoms with Gasteiger partial charge in [-0.3, -0.25) is 4.98 Å². The van der Waals surface area contributed by atoms with Crippen molar-refractivity contribution < 1.29 is 4.74 Å². The number of pyridine rings is 1. The number of aryl methyl sites for hydroxylation is 2. The molecule has 3 heteroatoms. The van der Waals surface area contributed by atoms with Crippen molar-refractivity contribution >= 4 is 0 Å². The summed E-state index contributed by atoms with van der Waals surface area (Å²) in [4.78, 5) is 4.56. The Labute approximate surface area is 126 Å². The number of aromatic nitrogens is 1. The fraction of sp³-hybridized carbons (Fsp3) is 0.389. The Balaban J connectivity index is 1.75. The van der Waals surface area contributed by atoms with Crippen LogP contribution in [-0.2, 0) is 13.0 Å². The van der Waals surface area contributed by atoms with Gasteiger partial charge >= 0.3 is 0 Å². The third-order valence-electron chi connectivity index (χ3n) is 4.14. The Morgan fingerprint density at radius 2 is 2.19 bits per heavy atom. The molecule has 1 unspecified atom stereocenters. The quantitative estimate of drug-likeness (QED) is 0.931. The lowest BCUT2D eigenvalue weighted by atomic mass is 9.87. The van der Waals surface area contributed by atoms with Crippen LogP contribution in [0.15, 0.2) is 36.4 Å². The molecule has 1 heterocycles. The zero-order valence-corrected chi connectivity index (χ0v) is 12.7. The molecule has 1 aromatic heterocycles. The van der Waals surface area contributed by atoms with Crippen molar-refractivity contribution in [3.63, 3.8) is 0 Å². The molecule has 110 valence electrons. The molecular weight excluding hydrogens is 260 g/mol. The van der Waals surface area contributed by atoms with Crippen molar-refractivity contribution in [3.05, 3.63) is 58.9 Å². The van der Waals surface area contributed by atoms with Gasteiger partial charge in [0.2, 0.25) is 0 Å². The largest absolute Gasteiger partial charge is 0.497 e. The van der Waals surface area contributed by atoms with Gasteiger partial charge in [0.15, 0.2) is 0 Å². The molecule has 2 aromatic rings. The molecule has 3 rings (SSSR count). The second-order valence-electron chi connectivity index (χ2n) is 5.66. The molecule has 0 saturated heterocycles. The van der Waals surface area contributed by atoms with Crippen LogP contribution in [0.25, 0.3) is 0 Å². The van der Waals surface area contributed by atoms with E-state index in [4.69, 9.17) is 4.74 Å². The standard InChI is InChI=1S/C18H22N2O/c1-13-5-3-7-15(20-13)12-19-18-8-4-6-14-9-10-16(21-2)11-17(14)18/h3,5,7,9-11,18-19H,4,6,8,12H2,1-2H3. The van der Waals surface area contributed by atoms with Crippen LogP contribution in [0.2, 0.25) is 0 Å². The van der Waals surface area contributed by atoms with E-state index >= 15 is 0 Å². The van der Waals surface area contributed by atoms with E-state index in [0.717, 1.165) is 23.7 Å². The molecule has 21 heavy (non-hydrogen) atoms. The van der Waals surface area contributed by atoms with E-state index < -0.39 is 0 Å². The molecule has 1 atom stereocenters. The summed E-state index contributed by atoms with van der Waals surface area (Å²) in [6.07, 6.45) is 3.57. The summed E-state index contributed by atoms with van der Waals surface area (Å²) in [7, 11) is 1.73. The summed E-state index contributed by atoms with van der Waals surface area (Å²) in [6, 6.07) is 13.0. The first-order valence-corrected chi connectivity index (χ1v) is 7.59. The van der Waals surface area contributed by atoms with E-state index in [-0.39, 0.29) is 0 Å². The van der Waals surface area contributed by atoms with Crippen LogP contribution in [0, 0.1) is 6.92 Å². The Morgan fingerprint density at radius 1 is 1.29 bits per heavy atom. The number of hydrogen-bond acceptors (Lipinski definition) is 3. The summed E-state index contributed by atoms with van der Waals surface area (Å²) in [5.41, 5.74) is 5.00. The number of nitrogens with zero attached hydrogens (tertiary/aromatic N) is 1. The van der Waals surface area contributed by atoms with Gasteiger partial charge in [0.1, 0.15) is 5.75 Å². The fourth-order valence-corrected chi connectivity index (χ4v) is 3.04. The molecule has 3 nitrogen and oxygen atoms in total. The number of nitrogens with one attached hydrogen (secondary N) is 1. The van der Waals surface area contributed by atoms with Crippen LogP contribution in [0.3, 0.4) is 0 Å². The third kappa shape index (κ3) is 3.24. The molecule has 1 aliphatic carbocycles. The summed E-state index contributed by atoms with van der Waals surface area (Å²) >= 11 is 0. The Bertz CT molecular complexity index is 624. The van der Waals surface area contributed by atoms with Gasteiger partial charge in [-0.25, -0.2) is 0 Å². The van der Waals surface area contributed by atoms with Gasteiger partial charge in [-0.15, -0.1) is 0 Å². The van der Waals surface area contributed by atoms with Crippen molar-refractivity contribution in [1.82, 2.24) is 10.3 Å². The Kier molecular flexibility index (Phi) is 4.20. The van der Waals surface area contributed by atoms with Gasteiger partial charge in [-0.05, 0) is 61.6 Å². The Morgan fingerprint density at radius 3 is 3.00 bits per heavy atom. The molecule has 0 aliphatic heterocycles. The highest BCUT2D eigenvalue weighted by molar-refractivity contribution is 5.39. The van der Waals surface area contributed by atoms with E-state index in [9.17, 15) is 0 Å². The molecular formula is C18H22N2O. The molecule has 0 amide bonds. The summed E-state index contributed by atoms with van der Waals surface area (Å²) in [5, 5.41) is 3.65. The van der Waals surface area contributed by atoms with Gasteiger partial charge < -0.3 is 10.1 Å². The number of ether oxygens (including phenoxy) is 1. The zero-order valence-electron chi connectivity index (χ0n) is 12.7. The van der Waals surface area contributed by atoms with Gasteiger partial charge in [0.25, 0.3) is 0 Å². The molecule has 1 aliphatic rings. The van der Waals surface area contributed by atoms with E-state index in [2.05, 4.69) is 40.6 Å². The topological polar surface area (TPSA) is 34.1 Å². The average Bonchev–Trinajstić information content (AvgIpc) is 2.52. The predicted octanol–water partition coefficient (Wildman–Crippen LogP) is 3.57. The number of benzene rings is 1. The van der Waals surface area contributed by atoms with Crippen molar-refractivity contribution in [2.24, 2.45) is 0 Å². The average molecular weight is 282 g/mol. The van der Waals surface area contributed by atoms with Gasteiger partial charge in [-0.2, -0.15) is 0 Å². The van der Waals surface area contributed by atoms with Crippen LogP contribution in [-0.4, -0.2) is 12.1 Å². The van der Waals surface area contributed by atoms with Crippen LogP contribution >= 0.6 is 0 Å². The molecule has 1 aromatic carbocycles. The second-order valence-corrected chi connectivity index (χ2v) is 5.66. The van der Waals surface area contributed by atoms with E-state index in [1.807, 2.05) is 13.0 Å². The predicted molar refractivity (Wildman–Crippen MR) is 84.5 cm³/mol. The SMILES string of the molecule is COc1ccc2c(c1)C(NCc1cccc(C)n1)CCC2. The maximum atomic E-state index is 5.37. The Hall–Kier alpha value is -1.87.